The molecule has 1 unspecified atom stereocenters. The Morgan fingerprint density at radius 1 is 1.42 bits per heavy atom. The molecule has 1 rings (SSSR count). The number of rotatable bonds is 0. The minimum Gasteiger partial charge on any atom is -0.299 e. The molecule has 0 saturated carbocycles. The van der Waals surface area contributed by atoms with Crippen LogP contribution in [0.4, 0.5) is 4.79 Å². The summed E-state index contributed by atoms with van der Waals surface area (Å²) in [5.41, 5.74) is -0.372. The number of nitrogens with one attached hydrogen (secondary N) is 1. The van der Waals surface area contributed by atoms with Crippen molar-refractivity contribution in [2.75, 3.05) is 0 Å². The van der Waals surface area contributed by atoms with Crippen LogP contribution in [0, 0.1) is 0 Å². The molecule has 0 aromatic carbocycles. The molecule has 0 radical (unpaired) electrons. The molecule has 0 aromatic heterocycles. The van der Waals surface area contributed by atoms with Crippen LogP contribution in [0.25, 0.3) is 0 Å². The van der Waals surface area contributed by atoms with Crippen LogP contribution < -0.4 is 5.32 Å². The van der Waals surface area contributed by atoms with E-state index in [2.05, 4.69) is 17.9 Å². The molecule has 12 heavy (non-hydrogen) atoms. The van der Waals surface area contributed by atoms with Gasteiger partial charge in [-0.15, -0.1) is 12.6 Å². The van der Waals surface area contributed by atoms with Crippen molar-refractivity contribution in [1.82, 2.24) is 10.2 Å². The van der Waals surface area contributed by atoms with Gasteiger partial charge >= 0.3 is 6.03 Å². The SMILES string of the molecule is CC(C)(C)N1C(=O)NC(=O)C1S. The zero-order chi connectivity index (χ0) is 9.52. The molecule has 1 atom stereocenters. The number of carbonyl (C=O) groups excluding carboxylic acids is 2. The molecular formula is C7H12N2O2S. The van der Waals surface area contributed by atoms with Gasteiger partial charge in [-0.25, -0.2) is 4.79 Å². The van der Waals surface area contributed by atoms with Crippen LogP contribution in [-0.2, 0) is 4.79 Å². The summed E-state index contributed by atoms with van der Waals surface area (Å²) >= 11 is 4.03. The normalized spacial score (nSPS) is 24.7. The highest BCUT2D eigenvalue weighted by Gasteiger charge is 2.41. The van der Waals surface area contributed by atoms with Gasteiger partial charge in [-0.1, -0.05) is 0 Å². The van der Waals surface area contributed by atoms with Crippen molar-refractivity contribution >= 4 is 24.6 Å². The van der Waals surface area contributed by atoms with Crippen LogP contribution in [0.1, 0.15) is 20.8 Å². The highest BCUT2D eigenvalue weighted by Crippen LogP contribution is 2.22. The summed E-state index contributed by atoms with van der Waals surface area (Å²) in [5, 5.41) is 1.54. The van der Waals surface area contributed by atoms with Crippen molar-refractivity contribution in [3.8, 4) is 0 Å². The summed E-state index contributed by atoms with van der Waals surface area (Å²) in [6, 6.07) is -0.368. The quantitative estimate of drug-likeness (QED) is 0.432. The Hall–Kier alpha value is -0.710. The van der Waals surface area contributed by atoms with E-state index in [9.17, 15) is 9.59 Å². The molecule has 68 valence electrons. The zero-order valence-electron chi connectivity index (χ0n) is 7.29. The van der Waals surface area contributed by atoms with Gasteiger partial charge in [0.2, 0.25) is 0 Å². The standard InChI is InChI=1S/C7H12N2O2S/c1-7(2,3)9-5(12)4(10)8-6(9)11/h5,12H,1-3H3,(H,8,10,11). The van der Waals surface area contributed by atoms with E-state index in [0.29, 0.717) is 0 Å². The van der Waals surface area contributed by atoms with Gasteiger partial charge in [-0.3, -0.25) is 15.0 Å². The third-order valence-electron chi connectivity index (χ3n) is 1.65. The number of hydrogen-bond donors (Lipinski definition) is 2. The maximum atomic E-state index is 11.2. The molecule has 0 bridgehead atoms. The van der Waals surface area contributed by atoms with E-state index >= 15 is 0 Å². The average Bonchev–Trinajstić information content (AvgIpc) is 2.05. The number of urea groups is 1. The van der Waals surface area contributed by atoms with E-state index in [0.717, 1.165) is 0 Å². The molecule has 0 aromatic rings. The lowest BCUT2D eigenvalue weighted by atomic mass is 10.1. The summed E-state index contributed by atoms with van der Waals surface area (Å²) in [6.07, 6.45) is 0. The number of hydrogen-bond acceptors (Lipinski definition) is 3. The number of thiol groups is 1. The highest BCUT2D eigenvalue weighted by atomic mass is 32.1. The molecule has 1 saturated heterocycles. The van der Waals surface area contributed by atoms with Crippen molar-refractivity contribution in [2.45, 2.75) is 31.7 Å². The number of nitrogens with zero attached hydrogens (tertiary/aromatic N) is 1. The lowest BCUT2D eigenvalue weighted by molar-refractivity contribution is -0.119. The lowest BCUT2D eigenvalue weighted by Gasteiger charge is -2.32. The van der Waals surface area contributed by atoms with Crippen molar-refractivity contribution in [1.29, 1.82) is 0 Å². The summed E-state index contributed by atoms with van der Waals surface area (Å²) in [5.74, 6) is -0.349. The van der Waals surface area contributed by atoms with E-state index in [1.807, 2.05) is 20.8 Å². The molecule has 1 fully saturated rings. The fourth-order valence-electron chi connectivity index (χ4n) is 1.13. The largest absolute Gasteiger partial charge is 0.325 e. The average molecular weight is 188 g/mol. The minimum absolute atomic E-state index is 0.349. The first-order chi connectivity index (χ1) is 5.34. The monoisotopic (exact) mass is 188 g/mol. The van der Waals surface area contributed by atoms with Gasteiger partial charge in [-0.05, 0) is 20.8 Å². The van der Waals surface area contributed by atoms with E-state index in [-0.39, 0.29) is 17.5 Å². The first-order valence-corrected chi connectivity index (χ1v) is 4.18. The van der Waals surface area contributed by atoms with Crippen LogP contribution >= 0.6 is 12.6 Å². The summed E-state index contributed by atoms with van der Waals surface area (Å²) in [6.45, 7) is 5.57. The molecule has 1 aliphatic heterocycles. The number of carbonyl (C=O) groups is 2. The molecule has 1 aliphatic rings. The maximum Gasteiger partial charge on any atom is 0.325 e. The van der Waals surface area contributed by atoms with Gasteiger partial charge in [0.25, 0.3) is 5.91 Å². The molecular weight excluding hydrogens is 176 g/mol. The van der Waals surface area contributed by atoms with E-state index in [1.165, 1.54) is 4.90 Å². The summed E-state index contributed by atoms with van der Waals surface area (Å²) in [4.78, 5) is 23.6. The van der Waals surface area contributed by atoms with Crippen molar-refractivity contribution in [2.24, 2.45) is 0 Å². The Morgan fingerprint density at radius 2 is 1.92 bits per heavy atom. The molecule has 4 nitrogen and oxygen atoms in total. The summed E-state index contributed by atoms with van der Waals surface area (Å²) < 4.78 is 0. The van der Waals surface area contributed by atoms with E-state index < -0.39 is 5.37 Å². The van der Waals surface area contributed by atoms with Crippen LogP contribution in [0.2, 0.25) is 0 Å². The fraction of sp³-hybridized carbons (Fsp3) is 0.714. The van der Waals surface area contributed by atoms with Crippen molar-refractivity contribution in [3.05, 3.63) is 0 Å². The maximum absolute atomic E-state index is 11.2. The predicted octanol–water partition coefficient (Wildman–Crippen LogP) is 0.593. The first kappa shape index (κ1) is 9.38. The van der Waals surface area contributed by atoms with Gasteiger partial charge < -0.3 is 0 Å². The van der Waals surface area contributed by atoms with Crippen LogP contribution in [-0.4, -0.2) is 27.8 Å². The second-order valence-corrected chi connectivity index (χ2v) is 4.20. The summed E-state index contributed by atoms with van der Waals surface area (Å²) in [7, 11) is 0. The molecule has 1 N–H and O–H groups in total. The lowest BCUT2D eigenvalue weighted by Crippen LogP contribution is -2.46. The Balaban J connectivity index is 2.91. The smallest absolute Gasteiger partial charge is 0.299 e. The third-order valence-corrected chi connectivity index (χ3v) is 2.12. The van der Waals surface area contributed by atoms with Crippen molar-refractivity contribution in [3.63, 3.8) is 0 Å². The molecule has 0 spiro atoms. The number of imide groups is 1. The second-order valence-electron chi connectivity index (χ2n) is 3.71. The predicted molar refractivity (Wildman–Crippen MR) is 47.9 cm³/mol. The van der Waals surface area contributed by atoms with E-state index in [4.69, 9.17) is 0 Å². The van der Waals surface area contributed by atoms with Gasteiger partial charge in [0.05, 0.1) is 0 Å². The third kappa shape index (κ3) is 1.41. The molecule has 3 amide bonds. The van der Waals surface area contributed by atoms with Gasteiger partial charge in [-0.2, -0.15) is 0 Å². The van der Waals surface area contributed by atoms with Gasteiger partial charge in [0.1, 0.15) is 0 Å². The second kappa shape index (κ2) is 2.65. The Bertz CT molecular complexity index is 234. The number of amides is 3. The minimum atomic E-state index is -0.655. The first-order valence-electron chi connectivity index (χ1n) is 3.66. The Labute approximate surface area is 76.7 Å². The molecule has 5 heteroatoms. The topological polar surface area (TPSA) is 49.4 Å². The van der Waals surface area contributed by atoms with Crippen LogP contribution in [0.15, 0.2) is 0 Å². The van der Waals surface area contributed by atoms with E-state index in [1.54, 1.807) is 0 Å². The van der Waals surface area contributed by atoms with Gasteiger partial charge in [0.15, 0.2) is 5.37 Å². The van der Waals surface area contributed by atoms with Crippen molar-refractivity contribution < 1.29 is 9.59 Å². The highest BCUT2D eigenvalue weighted by molar-refractivity contribution is 7.81. The zero-order valence-corrected chi connectivity index (χ0v) is 8.18. The Kier molecular flexibility index (Phi) is 2.07. The fourth-order valence-corrected chi connectivity index (χ4v) is 1.65. The van der Waals surface area contributed by atoms with Crippen LogP contribution in [0.3, 0.4) is 0 Å². The Morgan fingerprint density at radius 3 is 2.08 bits per heavy atom. The molecule has 0 aliphatic carbocycles. The van der Waals surface area contributed by atoms with Gasteiger partial charge in [0, 0.05) is 5.54 Å². The van der Waals surface area contributed by atoms with Crippen LogP contribution in [0.5, 0.6) is 0 Å². The molecule has 1 heterocycles.